The number of aromatic amines is 1. The molecule has 0 unspecified atom stereocenters. The normalized spacial score (nSPS) is 10.6. The summed E-state index contributed by atoms with van der Waals surface area (Å²) < 4.78 is 2.44. The molecule has 2 aromatic rings. The second kappa shape index (κ2) is 4.02. The standard InChI is InChI=1S/C9H9ClN2OS/c10-8-2-1-7(14-8)3-5-12-6-4-11-9(12)13/h1-2,4,6H,3,5H2,(H,11,13). The summed E-state index contributed by atoms with van der Waals surface area (Å²) in [6.07, 6.45) is 4.23. The van der Waals surface area contributed by atoms with Crippen molar-refractivity contribution in [3.8, 4) is 0 Å². The van der Waals surface area contributed by atoms with Crippen LogP contribution in [0.2, 0.25) is 4.34 Å². The lowest BCUT2D eigenvalue weighted by atomic mass is 10.3. The average Bonchev–Trinajstić information content (AvgIpc) is 2.72. The highest BCUT2D eigenvalue weighted by Crippen LogP contribution is 2.21. The molecule has 0 atom stereocenters. The highest BCUT2D eigenvalue weighted by atomic mass is 35.5. The third-order valence-corrected chi connectivity index (χ3v) is 3.24. The minimum Gasteiger partial charge on any atom is -0.313 e. The molecule has 2 aromatic heterocycles. The van der Waals surface area contributed by atoms with E-state index in [-0.39, 0.29) is 5.69 Å². The van der Waals surface area contributed by atoms with E-state index in [4.69, 9.17) is 11.6 Å². The van der Waals surface area contributed by atoms with Gasteiger partial charge in [-0.15, -0.1) is 11.3 Å². The number of nitrogens with one attached hydrogen (secondary N) is 1. The van der Waals surface area contributed by atoms with E-state index >= 15 is 0 Å². The van der Waals surface area contributed by atoms with E-state index in [0.29, 0.717) is 6.54 Å². The Hall–Kier alpha value is -1.000. The summed E-state index contributed by atoms with van der Waals surface area (Å²) in [6, 6.07) is 3.87. The lowest BCUT2D eigenvalue weighted by molar-refractivity contribution is 0.677. The highest BCUT2D eigenvalue weighted by Gasteiger charge is 2.00. The SMILES string of the molecule is O=c1[nH]ccn1CCc1ccc(Cl)s1. The maximum Gasteiger partial charge on any atom is 0.325 e. The number of aromatic nitrogens is 2. The summed E-state index contributed by atoms with van der Waals surface area (Å²) in [5.74, 6) is 0. The fraction of sp³-hybridized carbons (Fsp3) is 0.222. The third-order valence-electron chi connectivity index (χ3n) is 1.95. The topological polar surface area (TPSA) is 37.8 Å². The average molecular weight is 229 g/mol. The van der Waals surface area contributed by atoms with Gasteiger partial charge in [0.1, 0.15) is 0 Å². The molecule has 14 heavy (non-hydrogen) atoms. The van der Waals surface area contributed by atoms with Crippen molar-refractivity contribution in [1.29, 1.82) is 0 Å². The van der Waals surface area contributed by atoms with Crippen LogP contribution in [0.25, 0.3) is 0 Å². The van der Waals surface area contributed by atoms with Crippen LogP contribution in [0.5, 0.6) is 0 Å². The zero-order chi connectivity index (χ0) is 9.97. The molecule has 0 amide bonds. The van der Waals surface area contributed by atoms with Gasteiger partial charge in [-0.25, -0.2) is 4.79 Å². The molecule has 3 nitrogen and oxygen atoms in total. The predicted molar refractivity (Wildman–Crippen MR) is 58.1 cm³/mol. The van der Waals surface area contributed by atoms with Crippen molar-refractivity contribution in [2.45, 2.75) is 13.0 Å². The van der Waals surface area contributed by atoms with Gasteiger partial charge >= 0.3 is 5.69 Å². The molecule has 74 valence electrons. The number of rotatable bonds is 3. The number of thiophene rings is 1. The van der Waals surface area contributed by atoms with E-state index in [0.717, 1.165) is 10.8 Å². The predicted octanol–water partition coefficient (Wildman–Crippen LogP) is 2.13. The van der Waals surface area contributed by atoms with E-state index < -0.39 is 0 Å². The Morgan fingerprint density at radius 3 is 2.93 bits per heavy atom. The van der Waals surface area contributed by atoms with Crippen molar-refractivity contribution in [1.82, 2.24) is 9.55 Å². The van der Waals surface area contributed by atoms with E-state index in [1.54, 1.807) is 28.3 Å². The monoisotopic (exact) mass is 228 g/mol. The van der Waals surface area contributed by atoms with Gasteiger partial charge in [0.25, 0.3) is 0 Å². The second-order valence-corrected chi connectivity index (χ2v) is 4.71. The molecule has 0 aliphatic rings. The first-order valence-electron chi connectivity index (χ1n) is 4.24. The Bertz CT molecular complexity index is 471. The lowest BCUT2D eigenvalue weighted by Crippen LogP contribution is -2.16. The molecule has 0 aliphatic heterocycles. The lowest BCUT2D eigenvalue weighted by Gasteiger charge is -1.97. The number of H-pyrrole nitrogens is 1. The minimum atomic E-state index is -0.0624. The molecular formula is C9H9ClN2OS. The maximum absolute atomic E-state index is 11.1. The van der Waals surface area contributed by atoms with Gasteiger partial charge in [0.2, 0.25) is 0 Å². The fourth-order valence-electron chi connectivity index (χ4n) is 1.24. The van der Waals surface area contributed by atoms with Crippen molar-refractivity contribution >= 4 is 22.9 Å². The van der Waals surface area contributed by atoms with Crippen molar-refractivity contribution in [3.05, 3.63) is 44.2 Å². The smallest absolute Gasteiger partial charge is 0.313 e. The summed E-state index contributed by atoms with van der Waals surface area (Å²) in [4.78, 5) is 14.9. The van der Waals surface area contributed by atoms with E-state index in [2.05, 4.69) is 4.98 Å². The molecule has 0 bridgehead atoms. The number of aryl methyl sites for hydroxylation is 2. The molecule has 0 fully saturated rings. The van der Waals surface area contributed by atoms with Crippen molar-refractivity contribution in [3.63, 3.8) is 0 Å². The molecule has 0 radical (unpaired) electrons. The Morgan fingerprint density at radius 1 is 1.50 bits per heavy atom. The largest absolute Gasteiger partial charge is 0.325 e. The van der Waals surface area contributed by atoms with E-state index in [9.17, 15) is 4.79 Å². The van der Waals surface area contributed by atoms with Crippen LogP contribution >= 0.6 is 22.9 Å². The van der Waals surface area contributed by atoms with Gasteiger partial charge in [0.05, 0.1) is 4.34 Å². The Balaban J connectivity index is 2.01. The molecule has 2 heterocycles. The van der Waals surface area contributed by atoms with Crippen molar-refractivity contribution in [2.24, 2.45) is 0 Å². The van der Waals surface area contributed by atoms with Crippen LogP contribution in [0.3, 0.4) is 0 Å². The minimum absolute atomic E-state index is 0.0624. The maximum atomic E-state index is 11.1. The van der Waals surface area contributed by atoms with Crippen LogP contribution in [0.1, 0.15) is 4.88 Å². The zero-order valence-electron chi connectivity index (χ0n) is 7.37. The first-order chi connectivity index (χ1) is 6.75. The molecule has 0 aromatic carbocycles. The number of halogens is 1. The van der Waals surface area contributed by atoms with Gasteiger partial charge in [0.15, 0.2) is 0 Å². The van der Waals surface area contributed by atoms with Crippen LogP contribution in [0.4, 0.5) is 0 Å². The zero-order valence-corrected chi connectivity index (χ0v) is 8.94. The summed E-state index contributed by atoms with van der Waals surface area (Å²) in [7, 11) is 0. The summed E-state index contributed by atoms with van der Waals surface area (Å²) in [6.45, 7) is 0.694. The van der Waals surface area contributed by atoms with Gasteiger partial charge in [-0.05, 0) is 18.6 Å². The van der Waals surface area contributed by atoms with Crippen molar-refractivity contribution < 1.29 is 0 Å². The molecule has 0 spiro atoms. The molecular weight excluding hydrogens is 220 g/mol. The van der Waals surface area contributed by atoms with Gasteiger partial charge in [0, 0.05) is 23.8 Å². The Morgan fingerprint density at radius 2 is 2.36 bits per heavy atom. The van der Waals surface area contributed by atoms with Crippen LogP contribution in [-0.4, -0.2) is 9.55 Å². The van der Waals surface area contributed by atoms with Gasteiger partial charge in [-0.3, -0.25) is 4.57 Å². The van der Waals surface area contributed by atoms with Gasteiger partial charge < -0.3 is 4.98 Å². The second-order valence-electron chi connectivity index (χ2n) is 2.91. The molecule has 0 saturated carbocycles. The van der Waals surface area contributed by atoms with E-state index in [1.807, 2.05) is 12.1 Å². The number of hydrogen-bond acceptors (Lipinski definition) is 2. The third kappa shape index (κ3) is 2.08. The first-order valence-corrected chi connectivity index (χ1v) is 5.43. The van der Waals surface area contributed by atoms with Crippen LogP contribution < -0.4 is 5.69 Å². The highest BCUT2D eigenvalue weighted by molar-refractivity contribution is 7.16. The van der Waals surface area contributed by atoms with Crippen molar-refractivity contribution in [2.75, 3.05) is 0 Å². The molecule has 5 heteroatoms. The molecule has 0 aliphatic carbocycles. The van der Waals surface area contributed by atoms with Crippen LogP contribution in [0.15, 0.2) is 29.3 Å². The quantitative estimate of drug-likeness (QED) is 0.859. The van der Waals surface area contributed by atoms with Crippen LogP contribution in [0, 0.1) is 0 Å². The molecule has 0 saturated heterocycles. The van der Waals surface area contributed by atoms with Gasteiger partial charge in [-0.1, -0.05) is 11.6 Å². The number of imidazole rings is 1. The number of hydrogen-bond donors (Lipinski definition) is 1. The van der Waals surface area contributed by atoms with E-state index in [1.165, 1.54) is 4.88 Å². The summed E-state index contributed by atoms with van der Waals surface area (Å²) in [5, 5.41) is 0. The van der Waals surface area contributed by atoms with Gasteiger partial charge in [-0.2, -0.15) is 0 Å². The molecule has 2 rings (SSSR count). The Labute approximate surface area is 90.0 Å². The summed E-state index contributed by atoms with van der Waals surface area (Å²) >= 11 is 7.35. The first kappa shape index (κ1) is 9.55. The molecule has 1 N–H and O–H groups in total. The fourth-order valence-corrected chi connectivity index (χ4v) is 2.32. The summed E-state index contributed by atoms with van der Waals surface area (Å²) in [5.41, 5.74) is -0.0624. The number of nitrogens with zero attached hydrogens (tertiary/aromatic N) is 1. The van der Waals surface area contributed by atoms with Crippen LogP contribution in [-0.2, 0) is 13.0 Å². The Kier molecular flexibility index (Phi) is 2.74.